The fraction of sp³-hybridized carbons (Fsp3) is 0.359. The maximum Gasteiger partial charge on any atom is 0.431 e. The van der Waals surface area contributed by atoms with Crippen molar-refractivity contribution in [1.29, 1.82) is 0 Å². The lowest BCUT2D eigenvalue weighted by atomic mass is 10.00. The van der Waals surface area contributed by atoms with Gasteiger partial charge in [0.1, 0.15) is 34.2 Å². The Bertz CT molecular complexity index is 2150. The van der Waals surface area contributed by atoms with Crippen molar-refractivity contribution in [2.24, 2.45) is 0 Å². The Kier molecular flexibility index (Phi) is 13.0. The van der Waals surface area contributed by atoms with Gasteiger partial charge in [0.15, 0.2) is 0 Å². The van der Waals surface area contributed by atoms with Gasteiger partial charge in [0.25, 0.3) is 11.8 Å². The lowest BCUT2D eigenvalue weighted by Crippen LogP contribution is -2.35. The van der Waals surface area contributed by atoms with Gasteiger partial charge in [-0.05, 0) is 95.0 Å². The van der Waals surface area contributed by atoms with Gasteiger partial charge >= 0.3 is 12.4 Å². The maximum atomic E-state index is 14.2. The summed E-state index contributed by atoms with van der Waals surface area (Å²) >= 11 is 11.8. The van der Waals surface area contributed by atoms with Crippen molar-refractivity contribution < 1.29 is 40.5 Å². The highest BCUT2D eigenvalue weighted by molar-refractivity contribution is 6.31. The highest BCUT2D eigenvalue weighted by Gasteiger charge is 2.42. The van der Waals surface area contributed by atoms with Crippen LogP contribution >= 0.6 is 23.2 Å². The number of alkyl halides is 6. The Morgan fingerprint density at radius 2 is 1.24 bits per heavy atom. The van der Waals surface area contributed by atoms with Crippen LogP contribution in [0.15, 0.2) is 59.1 Å². The third kappa shape index (κ3) is 9.41. The highest BCUT2D eigenvalue weighted by atomic mass is 35.5. The summed E-state index contributed by atoms with van der Waals surface area (Å²) in [5, 5.41) is 4.75. The van der Waals surface area contributed by atoms with Crippen LogP contribution in [0, 0.1) is 20.8 Å². The van der Waals surface area contributed by atoms with E-state index in [0.717, 1.165) is 4.57 Å². The van der Waals surface area contributed by atoms with E-state index in [1.807, 2.05) is 0 Å². The Morgan fingerprint density at radius 1 is 0.764 bits per heavy atom. The summed E-state index contributed by atoms with van der Waals surface area (Å²) in [5.41, 5.74) is -0.220. The molecule has 0 aliphatic heterocycles. The number of aryl methyl sites for hydroxylation is 1. The van der Waals surface area contributed by atoms with E-state index in [-0.39, 0.29) is 52.3 Å². The molecule has 0 bridgehead atoms. The van der Waals surface area contributed by atoms with Crippen LogP contribution in [0.2, 0.25) is 10.0 Å². The number of benzene rings is 2. The molecule has 0 saturated carbocycles. The minimum atomic E-state index is -4.68. The Morgan fingerprint density at radius 3 is 1.65 bits per heavy atom. The first-order valence-electron chi connectivity index (χ1n) is 17.0. The van der Waals surface area contributed by atoms with E-state index in [1.165, 1.54) is 23.6 Å². The van der Waals surface area contributed by atoms with Gasteiger partial charge in [-0.3, -0.25) is 9.59 Å². The number of hydrogen-bond donors (Lipinski definition) is 1. The smallest absolute Gasteiger partial charge is 0.361 e. The van der Waals surface area contributed by atoms with Gasteiger partial charge in [0, 0.05) is 53.4 Å². The standard InChI is InChI=1S/C22H23ClF3N3O2.C17H18ClF3N2O/c1-12(2)28(5)21(30)19-18(15-6-8-16(23)9-7-15)14(4)20(22(24,25)26)29(19)11-17-10-13(3)31-27-17;1-9(2)23(4)16(24)14-13(11-5-7-12(18)8-6-11)10(3)15(22-14)17(19,20)21/h6-10,12H,11H2,1-5H3;5-9,22H,1-4H3. The van der Waals surface area contributed by atoms with Crippen molar-refractivity contribution in [2.45, 2.75) is 79.4 Å². The van der Waals surface area contributed by atoms with Gasteiger partial charge < -0.3 is 23.9 Å². The van der Waals surface area contributed by atoms with Crippen LogP contribution in [0.1, 0.15) is 82.6 Å². The molecule has 0 aliphatic rings. The first-order chi connectivity index (χ1) is 25.4. The van der Waals surface area contributed by atoms with E-state index < -0.39 is 35.6 Å². The van der Waals surface area contributed by atoms with Crippen LogP contribution in [-0.2, 0) is 18.9 Å². The number of nitrogens with zero attached hydrogens (tertiary/aromatic N) is 4. The monoisotopic (exact) mass is 811 g/mol. The molecule has 0 atom stereocenters. The molecule has 2 amide bonds. The van der Waals surface area contributed by atoms with Crippen molar-refractivity contribution in [2.75, 3.05) is 14.1 Å². The SMILES string of the molecule is Cc1c(C(F)(F)F)[nH]c(C(=O)N(C)C(C)C)c1-c1ccc(Cl)cc1.Cc1cc(Cn2c(C(=O)N(C)C(C)C)c(-c3ccc(Cl)cc3)c(C)c2C(F)(F)F)no1. The topological polar surface area (TPSA) is 87.4 Å². The normalized spacial score (nSPS) is 11.9. The fourth-order valence-electron chi connectivity index (χ4n) is 5.94. The molecule has 1 N–H and O–H groups in total. The second-order valence-corrected chi connectivity index (χ2v) is 14.5. The molecule has 5 aromatic rings. The number of rotatable bonds is 8. The van der Waals surface area contributed by atoms with Crippen molar-refractivity contribution >= 4 is 35.0 Å². The van der Waals surface area contributed by atoms with Gasteiger partial charge in [-0.25, -0.2) is 0 Å². The Balaban J connectivity index is 0.000000253. The maximum absolute atomic E-state index is 14.2. The summed E-state index contributed by atoms with van der Waals surface area (Å²) < 4.78 is 88.4. The predicted molar refractivity (Wildman–Crippen MR) is 200 cm³/mol. The van der Waals surface area contributed by atoms with Gasteiger partial charge in [-0.15, -0.1) is 0 Å². The molecule has 8 nitrogen and oxygen atoms in total. The summed E-state index contributed by atoms with van der Waals surface area (Å²) in [4.78, 5) is 31.2. The van der Waals surface area contributed by atoms with Crippen LogP contribution in [0.5, 0.6) is 0 Å². The average Bonchev–Trinajstić information content (AvgIpc) is 3.76. The molecule has 5 rings (SSSR count). The number of carbonyl (C=O) groups is 2. The number of aromatic amines is 1. The minimum absolute atomic E-state index is 0.00896. The number of amides is 2. The van der Waals surface area contributed by atoms with Crippen molar-refractivity contribution in [3.8, 4) is 22.3 Å². The summed E-state index contributed by atoms with van der Waals surface area (Å²) in [7, 11) is 3.13. The zero-order valence-electron chi connectivity index (χ0n) is 31.6. The molecule has 296 valence electrons. The average molecular weight is 813 g/mol. The molecule has 3 heterocycles. The van der Waals surface area contributed by atoms with Crippen molar-refractivity contribution in [3.63, 3.8) is 0 Å². The van der Waals surface area contributed by atoms with E-state index in [2.05, 4.69) is 10.1 Å². The fourth-order valence-corrected chi connectivity index (χ4v) is 6.19. The van der Waals surface area contributed by atoms with Crippen molar-refractivity contribution in [3.05, 3.63) is 110 Å². The number of aromatic nitrogens is 3. The molecule has 0 radical (unpaired) electrons. The van der Waals surface area contributed by atoms with Gasteiger partial charge in [0.2, 0.25) is 0 Å². The molecule has 16 heteroatoms. The third-order valence-corrected chi connectivity index (χ3v) is 9.68. The Hall–Kier alpha value is -4.69. The molecule has 2 aromatic carbocycles. The zero-order valence-corrected chi connectivity index (χ0v) is 33.1. The van der Waals surface area contributed by atoms with Gasteiger partial charge in [0.05, 0.1) is 6.54 Å². The molecule has 0 unspecified atom stereocenters. The van der Waals surface area contributed by atoms with E-state index >= 15 is 0 Å². The second kappa shape index (κ2) is 16.6. The quantitative estimate of drug-likeness (QED) is 0.158. The van der Waals surface area contributed by atoms with Crippen LogP contribution in [-0.4, -0.2) is 62.5 Å². The van der Waals surface area contributed by atoms with Crippen LogP contribution in [0.25, 0.3) is 22.3 Å². The molecular formula is C39H41Cl2F6N5O3. The molecule has 0 fully saturated rings. The van der Waals surface area contributed by atoms with Crippen LogP contribution in [0.4, 0.5) is 26.3 Å². The minimum Gasteiger partial charge on any atom is -0.361 e. The lowest BCUT2D eigenvalue weighted by Gasteiger charge is -2.24. The highest BCUT2D eigenvalue weighted by Crippen LogP contribution is 2.42. The summed E-state index contributed by atoms with van der Waals surface area (Å²) in [6, 6.07) is 14.0. The van der Waals surface area contributed by atoms with E-state index in [1.54, 1.807) is 103 Å². The second-order valence-electron chi connectivity index (χ2n) is 13.6. The first-order valence-corrected chi connectivity index (χ1v) is 17.8. The third-order valence-electron chi connectivity index (χ3n) is 9.18. The molecule has 0 saturated heterocycles. The molecule has 3 aromatic heterocycles. The Labute approximate surface area is 325 Å². The number of halogens is 8. The lowest BCUT2D eigenvalue weighted by molar-refractivity contribution is -0.144. The molecule has 0 aliphatic carbocycles. The summed E-state index contributed by atoms with van der Waals surface area (Å²) in [6.45, 7) is 11.3. The largest absolute Gasteiger partial charge is 0.431 e. The summed E-state index contributed by atoms with van der Waals surface area (Å²) in [6.07, 6.45) is -9.25. The van der Waals surface area contributed by atoms with E-state index in [4.69, 9.17) is 27.7 Å². The number of hydrogen-bond acceptors (Lipinski definition) is 4. The predicted octanol–water partition coefficient (Wildman–Crippen LogP) is 11.1. The van der Waals surface area contributed by atoms with E-state index in [9.17, 15) is 35.9 Å². The zero-order chi connectivity index (χ0) is 41.3. The summed E-state index contributed by atoms with van der Waals surface area (Å²) in [5.74, 6) is -0.537. The van der Waals surface area contributed by atoms with Crippen LogP contribution < -0.4 is 0 Å². The molecular weight excluding hydrogens is 771 g/mol. The molecule has 0 spiro atoms. The number of nitrogens with one attached hydrogen (secondary N) is 1. The van der Waals surface area contributed by atoms with Gasteiger partial charge in [-0.2, -0.15) is 26.3 Å². The van der Waals surface area contributed by atoms with Crippen LogP contribution in [0.3, 0.4) is 0 Å². The number of H-pyrrole nitrogens is 1. The van der Waals surface area contributed by atoms with Gasteiger partial charge in [-0.1, -0.05) is 52.6 Å². The first kappa shape index (κ1) is 43.0. The van der Waals surface area contributed by atoms with Crippen molar-refractivity contribution in [1.82, 2.24) is 24.5 Å². The molecule has 55 heavy (non-hydrogen) atoms. The number of carbonyl (C=O) groups excluding carboxylic acids is 2. The van der Waals surface area contributed by atoms with E-state index in [0.29, 0.717) is 32.6 Å².